The minimum Gasteiger partial charge on any atom is -0.369 e. The number of nitrogens with one attached hydrogen (secondary N) is 1. The first-order chi connectivity index (χ1) is 8.47. The minimum absolute atomic E-state index is 0.0979. The van der Waals surface area contributed by atoms with E-state index in [-0.39, 0.29) is 18.5 Å². The van der Waals surface area contributed by atoms with Gasteiger partial charge in [0.2, 0.25) is 11.9 Å². The predicted molar refractivity (Wildman–Crippen MR) is 70.0 cm³/mol. The van der Waals surface area contributed by atoms with Crippen LogP contribution < -0.4 is 11.1 Å². The fraction of sp³-hybridized carbons (Fsp3) is 0.417. The molecule has 2 aromatic rings. The van der Waals surface area contributed by atoms with Crippen LogP contribution >= 0.6 is 0 Å². The molecule has 0 saturated carbocycles. The summed E-state index contributed by atoms with van der Waals surface area (Å²) in [6.07, 6.45) is 0. The summed E-state index contributed by atoms with van der Waals surface area (Å²) in [6.45, 7) is 5.85. The molecule has 6 heteroatoms. The van der Waals surface area contributed by atoms with E-state index >= 15 is 0 Å². The van der Waals surface area contributed by atoms with Crippen molar-refractivity contribution < 1.29 is 4.79 Å². The number of aromatic nitrogens is 3. The van der Waals surface area contributed by atoms with Crippen LogP contribution in [0.15, 0.2) is 12.1 Å². The van der Waals surface area contributed by atoms with Crippen LogP contribution in [0, 0.1) is 6.92 Å². The van der Waals surface area contributed by atoms with Gasteiger partial charge in [-0.2, -0.15) is 0 Å². The Kier molecular flexibility index (Phi) is 3.18. The summed E-state index contributed by atoms with van der Waals surface area (Å²) in [5.41, 5.74) is 8.03. The molecule has 0 fully saturated rings. The molecule has 0 unspecified atom stereocenters. The van der Waals surface area contributed by atoms with Crippen LogP contribution in [0.5, 0.6) is 0 Å². The molecule has 2 heterocycles. The summed E-state index contributed by atoms with van der Waals surface area (Å²) in [5.74, 6) is 0.210. The zero-order valence-electron chi connectivity index (χ0n) is 10.8. The zero-order chi connectivity index (χ0) is 13.3. The van der Waals surface area contributed by atoms with Crippen molar-refractivity contribution >= 4 is 23.0 Å². The highest BCUT2D eigenvalue weighted by atomic mass is 16.2. The van der Waals surface area contributed by atoms with E-state index in [0.29, 0.717) is 17.1 Å². The largest absolute Gasteiger partial charge is 0.369 e. The summed E-state index contributed by atoms with van der Waals surface area (Å²) in [5, 5.41) is 2.82. The van der Waals surface area contributed by atoms with Gasteiger partial charge >= 0.3 is 0 Å². The van der Waals surface area contributed by atoms with Crippen molar-refractivity contribution in [2.24, 2.45) is 0 Å². The van der Waals surface area contributed by atoms with Crippen molar-refractivity contribution in [1.29, 1.82) is 0 Å². The Balaban J connectivity index is 2.35. The maximum absolute atomic E-state index is 11.8. The van der Waals surface area contributed by atoms with Crippen LogP contribution in [-0.4, -0.2) is 26.5 Å². The minimum atomic E-state index is -0.0979. The summed E-state index contributed by atoms with van der Waals surface area (Å²) < 4.78 is 1.63. The molecule has 6 nitrogen and oxygen atoms in total. The number of imidazole rings is 1. The maximum Gasteiger partial charge on any atom is 0.240 e. The predicted octanol–water partition coefficient (Wildman–Crippen LogP) is 0.847. The standard InChI is InChI=1S/C12H17N5O/c1-7(2)14-10(18)6-17-11-9(16-12(17)13)5-4-8(3)15-11/h4-5,7H,6H2,1-3H3,(H2,13,16)(H,14,18). The molecule has 18 heavy (non-hydrogen) atoms. The number of hydrogen-bond acceptors (Lipinski definition) is 4. The Morgan fingerprint density at radius 3 is 2.83 bits per heavy atom. The number of nitrogen functional groups attached to an aromatic ring is 1. The molecule has 0 saturated heterocycles. The van der Waals surface area contributed by atoms with Gasteiger partial charge in [-0.25, -0.2) is 9.97 Å². The van der Waals surface area contributed by atoms with Crippen LogP contribution in [0.3, 0.4) is 0 Å². The Labute approximate surface area is 105 Å². The van der Waals surface area contributed by atoms with Crippen LogP contribution in [0.2, 0.25) is 0 Å². The van der Waals surface area contributed by atoms with Crippen LogP contribution in [-0.2, 0) is 11.3 Å². The third kappa shape index (κ3) is 2.42. The lowest BCUT2D eigenvalue weighted by atomic mass is 10.3. The average Bonchev–Trinajstić information content (AvgIpc) is 2.55. The van der Waals surface area contributed by atoms with Crippen molar-refractivity contribution in [2.45, 2.75) is 33.4 Å². The van der Waals surface area contributed by atoms with E-state index in [1.54, 1.807) is 4.57 Å². The average molecular weight is 247 g/mol. The number of amides is 1. The SMILES string of the molecule is Cc1ccc2nc(N)n(CC(=O)NC(C)C)c2n1. The van der Waals surface area contributed by atoms with Gasteiger partial charge < -0.3 is 11.1 Å². The molecule has 0 spiro atoms. The molecule has 2 aromatic heterocycles. The number of pyridine rings is 1. The lowest BCUT2D eigenvalue weighted by Gasteiger charge is -2.10. The van der Waals surface area contributed by atoms with Gasteiger partial charge in [0.05, 0.1) is 0 Å². The lowest BCUT2D eigenvalue weighted by molar-refractivity contribution is -0.122. The molecule has 96 valence electrons. The highest BCUT2D eigenvalue weighted by molar-refractivity contribution is 5.80. The van der Waals surface area contributed by atoms with Crippen molar-refractivity contribution in [2.75, 3.05) is 5.73 Å². The van der Waals surface area contributed by atoms with Crippen molar-refractivity contribution in [3.63, 3.8) is 0 Å². The zero-order valence-corrected chi connectivity index (χ0v) is 10.8. The second-order valence-corrected chi connectivity index (χ2v) is 4.57. The van der Waals surface area contributed by atoms with Gasteiger partial charge in [0.25, 0.3) is 0 Å². The highest BCUT2D eigenvalue weighted by Crippen LogP contribution is 2.15. The molecule has 0 atom stereocenters. The number of rotatable bonds is 3. The first-order valence-electron chi connectivity index (χ1n) is 5.86. The number of anilines is 1. The molecule has 0 bridgehead atoms. The van der Waals surface area contributed by atoms with E-state index < -0.39 is 0 Å². The summed E-state index contributed by atoms with van der Waals surface area (Å²) in [6, 6.07) is 3.82. The number of nitrogens with zero attached hydrogens (tertiary/aromatic N) is 3. The van der Waals surface area contributed by atoms with E-state index in [2.05, 4.69) is 15.3 Å². The smallest absolute Gasteiger partial charge is 0.240 e. The summed E-state index contributed by atoms with van der Waals surface area (Å²) in [7, 11) is 0. The van der Waals surface area contributed by atoms with Gasteiger partial charge in [-0.05, 0) is 32.9 Å². The van der Waals surface area contributed by atoms with Crippen molar-refractivity contribution in [1.82, 2.24) is 19.9 Å². The molecular weight excluding hydrogens is 230 g/mol. The first-order valence-corrected chi connectivity index (χ1v) is 5.86. The maximum atomic E-state index is 11.8. The fourth-order valence-corrected chi connectivity index (χ4v) is 1.78. The topological polar surface area (TPSA) is 85.8 Å². The van der Waals surface area contributed by atoms with Crippen LogP contribution in [0.25, 0.3) is 11.2 Å². The van der Waals surface area contributed by atoms with Gasteiger partial charge in [0.1, 0.15) is 12.1 Å². The van der Waals surface area contributed by atoms with Crippen molar-refractivity contribution in [3.05, 3.63) is 17.8 Å². The van der Waals surface area contributed by atoms with Gasteiger partial charge in [-0.3, -0.25) is 9.36 Å². The highest BCUT2D eigenvalue weighted by Gasteiger charge is 2.13. The van der Waals surface area contributed by atoms with Crippen molar-refractivity contribution in [3.8, 4) is 0 Å². The fourth-order valence-electron chi connectivity index (χ4n) is 1.78. The molecular formula is C12H17N5O. The number of fused-ring (bicyclic) bond motifs is 1. The third-order valence-electron chi connectivity index (χ3n) is 2.51. The quantitative estimate of drug-likeness (QED) is 0.841. The third-order valence-corrected chi connectivity index (χ3v) is 2.51. The number of carbonyl (C=O) groups is 1. The molecule has 0 aromatic carbocycles. The second kappa shape index (κ2) is 4.64. The number of nitrogens with two attached hydrogens (primary N) is 1. The van der Waals surface area contributed by atoms with Gasteiger partial charge in [-0.1, -0.05) is 0 Å². The second-order valence-electron chi connectivity index (χ2n) is 4.57. The van der Waals surface area contributed by atoms with E-state index in [1.807, 2.05) is 32.9 Å². The number of aryl methyl sites for hydroxylation is 1. The molecule has 0 radical (unpaired) electrons. The number of hydrogen-bond donors (Lipinski definition) is 2. The lowest BCUT2D eigenvalue weighted by Crippen LogP contribution is -2.33. The van der Waals surface area contributed by atoms with Gasteiger partial charge in [-0.15, -0.1) is 0 Å². The molecule has 3 N–H and O–H groups in total. The monoisotopic (exact) mass is 247 g/mol. The molecule has 2 rings (SSSR count). The Hall–Kier alpha value is -2.11. The Morgan fingerprint density at radius 2 is 2.17 bits per heavy atom. The first kappa shape index (κ1) is 12.3. The molecule has 0 aliphatic rings. The van der Waals surface area contributed by atoms with E-state index in [9.17, 15) is 4.79 Å². The van der Waals surface area contributed by atoms with Crippen LogP contribution in [0.1, 0.15) is 19.5 Å². The van der Waals surface area contributed by atoms with Gasteiger partial charge in [0.15, 0.2) is 5.65 Å². The Morgan fingerprint density at radius 1 is 1.44 bits per heavy atom. The molecule has 1 amide bonds. The van der Waals surface area contributed by atoms with E-state index in [0.717, 1.165) is 5.69 Å². The van der Waals surface area contributed by atoms with Gasteiger partial charge in [0, 0.05) is 11.7 Å². The Bertz CT molecular complexity index is 587. The van der Waals surface area contributed by atoms with Crippen LogP contribution in [0.4, 0.5) is 5.95 Å². The summed E-state index contributed by atoms with van der Waals surface area (Å²) in [4.78, 5) is 20.3. The molecule has 0 aliphatic heterocycles. The van der Waals surface area contributed by atoms with E-state index in [4.69, 9.17) is 5.73 Å². The van der Waals surface area contributed by atoms with E-state index in [1.165, 1.54) is 0 Å². The normalized spacial score (nSPS) is 11.1. The summed E-state index contributed by atoms with van der Waals surface area (Å²) >= 11 is 0. The number of carbonyl (C=O) groups excluding carboxylic acids is 1. The molecule has 0 aliphatic carbocycles.